The fourth-order valence-electron chi connectivity index (χ4n) is 12.8. The number of allylic oxidation sites excluding steroid dienone is 1. The number of carbonyl (C=O) groups excluding carboxylic acids is 1. The van der Waals surface area contributed by atoms with Crippen LogP contribution in [0.3, 0.4) is 0 Å². The van der Waals surface area contributed by atoms with Gasteiger partial charge in [-0.25, -0.2) is 0 Å². The minimum atomic E-state index is -1.59. The van der Waals surface area contributed by atoms with Gasteiger partial charge in [0.25, 0.3) is 0 Å². The molecule has 0 bridgehead atoms. The molecule has 0 aromatic rings. The van der Waals surface area contributed by atoms with Crippen molar-refractivity contribution in [2.75, 3.05) is 34.5 Å². The predicted molar refractivity (Wildman–Crippen MR) is 232 cm³/mol. The monoisotopic (exact) mass is 970 g/mol. The van der Waals surface area contributed by atoms with Crippen molar-refractivity contribution in [1.82, 2.24) is 0 Å². The molecular weight excluding hydrogens is 897 g/mol. The molecule has 5 N–H and O–H groups in total. The molecule has 7 aliphatic heterocycles. The SMILES string of the molecule is CO[C@H]1C[C@H](O[C@@H]2CC3=CC[C@H]4C(=O)O[C@@H]5CO[C@]6(C)OC=C(CC[C@@H]4[C@@]3(C)C[C@H]2O)[C@H]56)O[C@H](C)[C@H]1O[C@H]1C[C@@H](OC)[C@@H](O[C@H]2C[C@H](OC)[C@H](O[C@@H]3O[C@H](CO)[C@@H](O)[C@H](O)[C@H]3O)[C@@H](C)O2)[C@H](C)O1. The fraction of sp³-hybridized carbons (Fsp3) is 0.896. The second-order valence-corrected chi connectivity index (χ2v) is 20.7. The number of carbonyl (C=O) groups is 1. The highest BCUT2D eigenvalue weighted by atomic mass is 16.8. The Bertz CT molecular complexity index is 1820. The van der Waals surface area contributed by atoms with Gasteiger partial charge in [-0.3, -0.25) is 4.79 Å². The summed E-state index contributed by atoms with van der Waals surface area (Å²) in [5.41, 5.74) is 1.87. The molecule has 0 unspecified atom stereocenters. The highest BCUT2D eigenvalue weighted by Gasteiger charge is 2.59. The van der Waals surface area contributed by atoms with Crippen LogP contribution >= 0.6 is 0 Å². The lowest BCUT2D eigenvalue weighted by molar-refractivity contribution is -0.357. The molecule has 386 valence electrons. The Morgan fingerprint density at radius 2 is 1.31 bits per heavy atom. The summed E-state index contributed by atoms with van der Waals surface area (Å²) in [6.07, 6.45) is -7.99. The van der Waals surface area contributed by atoms with Gasteiger partial charge in [0.2, 0.25) is 5.79 Å². The van der Waals surface area contributed by atoms with Crippen molar-refractivity contribution in [3.05, 3.63) is 23.5 Å². The summed E-state index contributed by atoms with van der Waals surface area (Å²) in [7, 11) is 4.74. The first-order valence-electron chi connectivity index (χ1n) is 24.5. The number of aliphatic hydroxyl groups excluding tert-OH is 5. The molecule has 0 radical (unpaired) electrons. The first-order chi connectivity index (χ1) is 32.5. The van der Waals surface area contributed by atoms with Gasteiger partial charge in [0.1, 0.15) is 48.8 Å². The molecule has 9 aliphatic rings. The lowest BCUT2D eigenvalue weighted by Gasteiger charge is -2.52. The van der Waals surface area contributed by atoms with Crippen LogP contribution in [0.15, 0.2) is 23.5 Å². The van der Waals surface area contributed by atoms with E-state index in [1.54, 1.807) is 27.4 Å². The summed E-state index contributed by atoms with van der Waals surface area (Å²) in [6.45, 7) is 9.36. The molecule has 0 spiro atoms. The number of fused-ring (bicyclic) bond motifs is 3. The Morgan fingerprint density at radius 1 is 0.735 bits per heavy atom. The molecule has 20 nitrogen and oxygen atoms in total. The van der Waals surface area contributed by atoms with E-state index < -0.39 is 135 Å². The zero-order valence-corrected chi connectivity index (χ0v) is 40.4. The highest BCUT2D eigenvalue weighted by molar-refractivity contribution is 5.74. The van der Waals surface area contributed by atoms with Crippen molar-refractivity contribution >= 4 is 5.97 Å². The molecule has 0 amide bonds. The average Bonchev–Trinajstić information content (AvgIpc) is 3.83. The molecule has 20 heteroatoms. The number of hydrogen-bond donors (Lipinski definition) is 5. The highest BCUT2D eigenvalue weighted by Crippen LogP contribution is 2.57. The minimum absolute atomic E-state index is 0.0277. The second-order valence-electron chi connectivity index (χ2n) is 20.7. The quantitative estimate of drug-likeness (QED) is 0.137. The third kappa shape index (κ3) is 9.58. The number of aliphatic hydroxyl groups is 5. The number of methoxy groups -OCH3 is 3. The molecule has 0 aromatic heterocycles. The van der Waals surface area contributed by atoms with Crippen LogP contribution in [0.2, 0.25) is 0 Å². The van der Waals surface area contributed by atoms with E-state index in [4.69, 9.17) is 66.3 Å². The zero-order valence-electron chi connectivity index (χ0n) is 40.4. The van der Waals surface area contributed by atoms with Crippen molar-refractivity contribution in [2.24, 2.45) is 23.2 Å². The lowest BCUT2D eigenvalue weighted by Crippen LogP contribution is -2.62. The number of hydrogen-bond acceptors (Lipinski definition) is 20. The van der Waals surface area contributed by atoms with Crippen molar-refractivity contribution in [2.45, 2.75) is 215 Å². The Hall–Kier alpha value is -1.93. The van der Waals surface area contributed by atoms with Crippen LogP contribution in [-0.2, 0) is 71.1 Å². The Balaban J connectivity index is 0.779. The van der Waals surface area contributed by atoms with Crippen LogP contribution < -0.4 is 0 Å². The van der Waals surface area contributed by atoms with Gasteiger partial charge < -0.3 is 91.8 Å². The molecule has 6 saturated heterocycles. The Labute approximate surface area is 397 Å². The molecule has 68 heavy (non-hydrogen) atoms. The summed E-state index contributed by atoms with van der Waals surface area (Å²) in [5.74, 6) is -1.48. The normalized spacial score (nSPS) is 51.7. The smallest absolute Gasteiger partial charge is 0.309 e. The first kappa shape index (κ1) is 51.0. The van der Waals surface area contributed by atoms with Crippen molar-refractivity contribution in [1.29, 1.82) is 0 Å². The fourth-order valence-corrected chi connectivity index (χ4v) is 12.8. The summed E-state index contributed by atoms with van der Waals surface area (Å²) < 4.78 is 86.3. The van der Waals surface area contributed by atoms with Gasteiger partial charge in [-0.15, -0.1) is 0 Å². The lowest BCUT2D eigenvalue weighted by atomic mass is 9.55. The molecule has 2 aliphatic carbocycles. The second kappa shape index (κ2) is 20.5. The van der Waals surface area contributed by atoms with Crippen LogP contribution in [0.4, 0.5) is 0 Å². The van der Waals surface area contributed by atoms with Crippen molar-refractivity contribution in [3.63, 3.8) is 0 Å². The van der Waals surface area contributed by atoms with E-state index in [2.05, 4.69) is 13.0 Å². The average molecular weight is 971 g/mol. The summed E-state index contributed by atoms with van der Waals surface area (Å²) in [5, 5.41) is 52.5. The van der Waals surface area contributed by atoms with Gasteiger partial charge in [-0.2, -0.15) is 0 Å². The molecule has 25 atom stereocenters. The predicted octanol–water partition coefficient (Wildman–Crippen LogP) is 1.48. The maximum absolute atomic E-state index is 13.8. The van der Waals surface area contributed by atoms with E-state index in [1.165, 1.54) is 12.7 Å². The minimum Gasteiger partial charge on any atom is -0.469 e. The molecule has 1 saturated carbocycles. The zero-order chi connectivity index (χ0) is 48.4. The Morgan fingerprint density at radius 3 is 1.88 bits per heavy atom. The number of rotatable bonds is 12. The van der Waals surface area contributed by atoms with E-state index in [0.29, 0.717) is 38.7 Å². The van der Waals surface area contributed by atoms with E-state index in [9.17, 15) is 30.3 Å². The maximum atomic E-state index is 13.8. The molecule has 0 aromatic carbocycles. The number of esters is 1. The third-order valence-corrected chi connectivity index (χ3v) is 16.6. The van der Waals surface area contributed by atoms with Crippen LogP contribution in [-0.4, -0.2) is 195 Å². The number of ether oxygens (including phenoxy) is 14. The molecule has 7 heterocycles. The van der Waals surface area contributed by atoms with Gasteiger partial charge >= 0.3 is 5.97 Å². The van der Waals surface area contributed by atoms with Crippen molar-refractivity contribution in [3.8, 4) is 0 Å². The third-order valence-electron chi connectivity index (χ3n) is 16.6. The van der Waals surface area contributed by atoms with Crippen LogP contribution in [0.1, 0.15) is 86.0 Å². The van der Waals surface area contributed by atoms with Crippen molar-refractivity contribution < 1.29 is 96.6 Å². The topological polar surface area (TPSA) is 247 Å². The van der Waals surface area contributed by atoms with E-state index in [0.717, 1.165) is 18.4 Å². The van der Waals surface area contributed by atoms with Crippen LogP contribution in [0.25, 0.3) is 0 Å². The molecular formula is C48H74O20. The maximum Gasteiger partial charge on any atom is 0.309 e. The van der Waals surface area contributed by atoms with E-state index in [1.807, 2.05) is 20.8 Å². The Kier molecular flexibility index (Phi) is 15.4. The van der Waals surface area contributed by atoms with Crippen LogP contribution in [0.5, 0.6) is 0 Å². The van der Waals surface area contributed by atoms with Gasteiger partial charge in [0.15, 0.2) is 25.2 Å². The summed E-state index contributed by atoms with van der Waals surface area (Å²) in [4.78, 5) is 13.8. The van der Waals surface area contributed by atoms with Gasteiger partial charge in [0.05, 0.1) is 80.1 Å². The molecule has 9 rings (SSSR count). The largest absolute Gasteiger partial charge is 0.469 e. The van der Waals surface area contributed by atoms with Gasteiger partial charge in [-0.1, -0.05) is 18.6 Å². The first-order valence-corrected chi connectivity index (χ1v) is 24.5. The van der Waals surface area contributed by atoms with E-state index >= 15 is 0 Å². The van der Waals surface area contributed by atoms with Gasteiger partial charge in [0, 0.05) is 47.5 Å². The summed E-state index contributed by atoms with van der Waals surface area (Å²) >= 11 is 0. The van der Waals surface area contributed by atoms with Gasteiger partial charge in [-0.05, 0) is 69.8 Å². The van der Waals surface area contributed by atoms with Crippen LogP contribution in [0, 0.1) is 23.2 Å². The van der Waals surface area contributed by atoms with E-state index in [-0.39, 0.29) is 36.2 Å². The summed E-state index contributed by atoms with van der Waals surface area (Å²) in [6, 6.07) is 0. The molecule has 7 fully saturated rings. The standard InChI is InChI=1S/C48H74O20/c1-21-42(66-36-15-31(56-7)43(22(2)61-36)67-37-16-32(57-8)44(23(3)62-37)68-46-41(53)40(52)39(51)33(18-49)65-46)30(55-6)14-35(60-21)63-29-13-25-10-11-26-27(47(25,4)17-28(29)50)12-9-24-19-58-48(5)38(24)34(20-59-48)64-45(26)54/h10,19,21-23,26-44,46,49-53H,9,11-18,20H2,1-8H3/t21-,22+,23-,26-,27+,28-,29-,30+,31-,32+,33-,34-,35+,36+,37+,38-,39-,40+,41-,42-,43+,44-,46+,47+,48+/m1/s1.